The molecule has 1 amide bonds. The molecule has 0 unspecified atom stereocenters. The lowest BCUT2D eigenvalue weighted by Crippen LogP contribution is -2.29. The van der Waals surface area contributed by atoms with E-state index >= 15 is 0 Å². The standard InChI is InChI=1S/C13H16FN5O/c1-13(2,15)11-7-19(18-17-11)8-12(20)16-10-6-4-3-5-9(10)14/h3-7H,8,15H2,1-2H3,(H,16,20). The van der Waals surface area contributed by atoms with Gasteiger partial charge >= 0.3 is 0 Å². The minimum absolute atomic E-state index is 0.0581. The van der Waals surface area contributed by atoms with E-state index in [0.717, 1.165) is 0 Å². The smallest absolute Gasteiger partial charge is 0.246 e. The molecule has 1 aromatic carbocycles. The zero-order chi connectivity index (χ0) is 14.8. The van der Waals surface area contributed by atoms with Gasteiger partial charge in [-0.1, -0.05) is 17.3 Å². The molecule has 6 nitrogen and oxygen atoms in total. The molecule has 2 rings (SSSR count). The summed E-state index contributed by atoms with van der Waals surface area (Å²) >= 11 is 0. The Labute approximate surface area is 115 Å². The van der Waals surface area contributed by atoms with E-state index in [2.05, 4.69) is 15.6 Å². The number of para-hydroxylation sites is 1. The zero-order valence-corrected chi connectivity index (χ0v) is 11.3. The Morgan fingerprint density at radius 2 is 2.15 bits per heavy atom. The van der Waals surface area contributed by atoms with Crippen molar-refractivity contribution in [1.29, 1.82) is 0 Å². The predicted octanol–water partition coefficient (Wildman–Crippen LogP) is 1.25. The molecule has 20 heavy (non-hydrogen) atoms. The van der Waals surface area contributed by atoms with Crippen LogP contribution in [0.15, 0.2) is 30.5 Å². The summed E-state index contributed by atoms with van der Waals surface area (Å²) in [5, 5.41) is 10.2. The molecule has 106 valence electrons. The van der Waals surface area contributed by atoms with Gasteiger partial charge in [-0.2, -0.15) is 0 Å². The molecule has 0 bridgehead atoms. The molecule has 0 saturated heterocycles. The molecule has 0 aliphatic heterocycles. The van der Waals surface area contributed by atoms with Gasteiger partial charge in [0.05, 0.1) is 17.4 Å². The largest absolute Gasteiger partial charge is 0.322 e. The summed E-state index contributed by atoms with van der Waals surface area (Å²) in [6.07, 6.45) is 1.60. The summed E-state index contributed by atoms with van der Waals surface area (Å²) in [6.45, 7) is 3.53. The third-order valence-electron chi connectivity index (χ3n) is 2.65. The highest BCUT2D eigenvalue weighted by atomic mass is 19.1. The molecule has 0 aliphatic rings. The number of nitrogens with one attached hydrogen (secondary N) is 1. The van der Waals surface area contributed by atoms with Crippen molar-refractivity contribution in [3.63, 3.8) is 0 Å². The summed E-state index contributed by atoms with van der Waals surface area (Å²) in [5.41, 5.74) is 5.97. The van der Waals surface area contributed by atoms with Gasteiger partial charge in [0, 0.05) is 0 Å². The third-order valence-corrected chi connectivity index (χ3v) is 2.65. The van der Waals surface area contributed by atoms with Crippen LogP contribution in [-0.4, -0.2) is 20.9 Å². The van der Waals surface area contributed by atoms with E-state index in [4.69, 9.17) is 5.73 Å². The average Bonchev–Trinajstić information content (AvgIpc) is 2.80. The van der Waals surface area contributed by atoms with Crippen LogP contribution >= 0.6 is 0 Å². The van der Waals surface area contributed by atoms with Crippen molar-refractivity contribution in [2.45, 2.75) is 25.9 Å². The molecule has 0 spiro atoms. The summed E-state index contributed by atoms with van der Waals surface area (Å²) in [5.74, 6) is -0.871. The number of nitrogens with two attached hydrogens (primary N) is 1. The van der Waals surface area contributed by atoms with Crippen molar-refractivity contribution in [2.75, 3.05) is 5.32 Å². The van der Waals surface area contributed by atoms with Crippen LogP contribution in [0.25, 0.3) is 0 Å². The van der Waals surface area contributed by atoms with Crippen LogP contribution in [-0.2, 0) is 16.9 Å². The summed E-state index contributed by atoms with van der Waals surface area (Å²) in [4.78, 5) is 11.8. The van der Waals surface area contributed by atoms with E-state index in [1.54, 1.807) is 32.2 Å². The molecule has 1 aromatic heterocycles. The fourth-order valence-electron chi connectivity index (χ4n) is 1.57. The fraction of sp³-hybridized carbons (Fsp3) is 0.308. The van der Waals surface area contributed by atoms with Gasteiger partial charge in [0.25, 0.3) is 0 Å². The molecule has 0 atom stereocenters. The van der Waals surface area contributed by atoms with Gasteiger partial charge in [-0.15, -0.1) is 5.10 Å². The van der Waals surface area contributed by atoms with E-state index in [9.17, 15) is 9.18 Å². The first-order valence-electron chi connectivity index (χ1n) is 6.10. The second kappa shape index (κ2) is 5.38. The van der Waals surface area contributed by atoms with Gasteiger partial charge in [0.2, 0.25) is 5.91 Å². The van der Waals surface area contributed by atoms with Gasteiger partial charge in [0.1, 0.15) is 18.1 Å². The first-order valence-corrected chi connectivity index (χ1v) is 6.10. The van der Waals surface area contributed by atoms with Crippen LogP contribution in [0.1, 0.15) is 19.5 Å². The maximum absolute atomic E-state index is 13.4. The SMILES string of the molecule is CC(C)(N)c1cn(CC(=O)Nc2ccccc2F)nn1. The lowest BCUT2D eigenvalue weighted by atomic mass is 10.0. The highest BCUT2D eigenvalue weighted by molar-refractivity contribution is 5.90. The van der Waals surface area contributed by atoms with Crippen molar-refractivity contribution < 1.29 is 9.18 Å². The third kappa shape index (κ3) is 3.39. The Morgan fingerprint density at radius 3 is 2.75 bits per heavy atom. The number of hydrogen-bond donors (Lipinski definition) is 2. The number of nitrogens with zero attached hydrogens (tertiary/aromatic N) is 3. The molecule has 7 heteroatoms. The Kier molecular flexibility index (Phi) is 3.80. The molecule has 2 aromatic rings. The van der Waals surface area contributed by atoms with E-state index in [-0.39, 0.29) is 18.1 Å². The number of hydrogen-bond acceptors (Lipinski definition) is 4. The van der Waals surface area contributed by atoms with E-state index in [1.807, 2.05) is 0 Å². The lowest BCUT2D eigenvalue weighted by molar-refractivity contribution is -0.116. The minimum atomic E-state index is -0.625. The van der Waals surface area contributed by atoms with E-state index in [0.29, 0.717) is 5.69 Å². The first kappa shape index (κ1) is 14.1. The summed E-state index contributed by atoms with van der Waals surface area (Å²) < 4.78 is 14.7. The molecule has 1 heterocycles. The minimum Gasteiger partial charge on any atom is -0.322 e. The number of halogens is 1. The van der Waals surface area contributed by atoms with Crippen LogP contribution in [0.5, 0.6) is 0 Å². The second-order valence-corrected chi connectivity index (χ2v) is 5.05. The van der Waals surface area contributed by atoms with Crippen molar-refractivity contribution >= 4 is 11.6 Å². The normalized spacial score (nSPS) is 11.4. The molecule has 0 aliphatic carbocycles. The lowest BCUT2D eigenvalue weighted by Gasteiger charge is -2.13. The summed E-state index contributed by atoms with van der Waals surface area (Å²) in [7, 11) is 0. The van der Waals surface area contributed by atoms with E-state index in [1.165, 1.54) is 16.8 Å². The molecular formula is C13H16FN5O. The second-order valence-electron chi connectivity index (χ2n) is 5.05. The Morgan fingerprint density at radius 1 is 1.45 bits per heavy atom. The highest BCUT2D eigenvalue weighted by Gasteiger charge is 2.19. The number of anilines is 1. The highest BCUT2D eigenvalue weighted by Crippen LogP contribution is 2.14. The Bertz CT molecular complexity index is 617. The van der Waals surface area contributed by atoms with Crippen LogP contribution in [0.3, 0.4) is 0 Å². The van der Waals surface area contributed by atoms with Gasteiger partial charge in [-0.05, 0) is 26.0 Å². The topological polar surface area (TPSA) is 85.8 Å². The molecule has 3 N–H and O–H groups in total. The fourth-order valence-corrected chi connectivity index (χ4v) is 1.57. The summed E-state index contributed by atoms with van der Waals surface area (Å²) in [6, 6.07) is 5.96. The Balaban J connectivity index is 2.02. The van der Waals surface area contributed by atoms with Gasteiger partial charge in [-0.3, -0.25) is 4.79 Å². The molecular weight excluding hydrogens is 261 g/mol. The molecule has 0 saturated carbocycles. The van der Waals surface area contributed by atoms with E-state index < -0.39 is 11.4 Å². The maximum Gasteiger partial charge on any atom is 0.246 e. The monoisotopic (exact) mass is 277 g/mol. The number of rotatable bonds is 4. The van der Waals surface area contributed by atoms with Crippen molar-refractivity contribution in [3.8, 4) is 0 Å². The van der Waals surface area contributed by atoms with Gasteiger partial charge in [-0.25, -0.2) is 9.07 Å². The van der Waals surface area contributed by atoms with Crippen molar-refractivity contribution in [2.24, 2.45) is 5.73 Å². The quantitative estimate of drug-likeness (QED) is 0.880. The number of aromatic nitrogens is 3. The predicted molar refractivity (Wildman–Crippen MR) is 72.3 cm³/mol. The number of benzene rings is 1. The van der Waals surface area contributed by atoms with Crippen LogP contribution in [0.2, 0.25) is 0 Å². The van der Waals surface area contributed by atoms with Crippen molar-refractivity contribution in [3.05, 3.63) is 42.0 Å². The van der Waals surface area contributed by atoms with Gasteiger partial charge < -0.3 is 11.1 Å². The van der Waals surface area contributed by atoms with Gasteiger partial charge in [0.15, 0.2) is 0 Å². The molecule has 0 radical (unpaired) electrons. The average molecular weight is 277 g/mol. The molecule has 0 fully saturated rings. The first-order chi connectivity index (χ1) is 9.36. The Hall–Kier alpha value is -2.28. The maximum atomic E-state index is 13.4. The number of amides is 1. The number of carbonyl (C=O) groups excluding carboxylic acids is 1. The number of carbonyl (C=O) groups is 1. The van der Waals surface area contributed by atoms with Crippen molar-refractivity contribution in [1.82, 2.24) is 15.0 Å². The van der Waals surface area contributed by atoms with Crippen LogP contribution in [0, 0.1) is 5.82 Å². The zero-order valence-electron chi connectivity index (χ0n) is 11.3. The van der Waals surface area contributed by atoms with Crippen LogP contribution < -0.4 is 11.1 Å². The van der Waals surface area contributed by atoms with Crippen LogP contribution in [0.4, 0.5) is 10.1 Å².